The molecule has 2 fully saturated rings. The maximum atomic E-state index is 12.7. The van der Waals surface area contributed by atoms with Gasteiger partial charge in [-0.3, -0.25) is 14.6 Å². The molecule has 0 saturated carbocycles. The number of thioether (sulfide) groups is 1. The number of amides is 1. The maximum Gasteiger partial charge on any atom is 0.235 e. The zero-order valence-electron chi connectivity index (χ0n) is 14.0. The SMILES string of the molecule is O=C(NCN1CCCC1)C(CN1CCOCC1)Sc1ccccn1. The van der Waals surface area contributed by atoms with Gasteiger partial charge < -0.3 is 10.1 Å². The summed E-state index contributed by atoms with van der Waals surface area (Å²) in [5.74, 6) is 0.101. The van der Waals surface area contributed by atoms with E-state index >= 15 is 0 Å². The number of likely N-dealkylation sites (tertiary alicyclic amines) is 1. The number of nitrogens with one attached hydrogen (secondary N) is 1. The Labute approximate surface area is 147 Å². The Bertz CT molecular complexity index is 505. The summed E-state index contributed by atoms with van der Waals surface area (Å²) >= 11 is 1.55. The average molecular weight is 350 g/mol. The minimum Gasteiger partial charge on any atom is -0.379 e. The van der Waals surface area contributed by atoms with E-state index in [0.29, 0.717) is 6.67 Å². The van der Waals surface area contributed by atoms with E-state index in [1.807, 2.05) is 18.2 Å². The zero-order chi connectivity index (χ0) is 16.6. The first-order chi connectivity index (χ1) is 11.8. The average Bonchev–Trinajstić information content (AvgIpc) is 3.14. The van der Waals surface area contributed by atoms with E-state index in [9.17, 15) is 4.79 Å². The molecule has 24 heavy (non-hydrogen) atoms. The topological polar surface area (TPSA) is 57.7 Å². The van der Waals surface area contributed by atoms with Crippen molar-refractivity contribution in [2.45, 2.75) is 23.1 Å². The molecule has 1 amide bonds. The molecule has 2 aliphatic rings. The highest BCUT2D eigenvalue weighted by Crippen LogP contribution is 2.22. The Balaban J connectivity index is 1.57. The van der Waals surface area contributed by atoms with Gasteiger partial charge in [0.1, 0.15) is 5.25 Å². The van der Waals surface area contributed by atoms with Gasteiger partial charge in [0.25, 0.3) is 0 Å². The number of rotatable bonds is 7. The van der Waals surface area contributed by atoms with Crippen LogP contribution in [0.2, 0.25) is 0 Å². The minimum absolute atomic E-state index is 0.101. The van der Waals surface area contributed by atoms with Crippen LogP contribution in [-0.2, 0) is 9.53 Å². The van der Waals surface area contributed by atoms with Gasteiger partial charge in [0.15, 0.2) is 0 Å². The second-order valence-electron chi connectivity index (χ2n) is 6.21. The van der Waals surface area contributed by atoms with Gasteiger partial charge in [-0.1, -0.05) is 17.8 Å². The Morgan fingerprint density at radius 2 is 2.00 bits per heavy atom. The summed E-state index contributed by atoms with van der Waals surface area (Å²) in [6.07, 6.45) is 4.24. The third-order valence-electron chi connectivity index (χ3n) is 4.40. The van der Waals surface area contributed by atoms with Gasteiger partial charge in [0.05, 0.1) is 24.9 Å². The number of pyridine rings is 1. The number of carbonyl (C=O) groups is 1. The predicted molar refractivity (Wildman–Crippen MR) is 95.0 cm³/mol. The molecular weight excluding hydrogens is 324 g/mol. The van der Waals surface area contributed by atoms with Gasteiger partial charge >= 0.3 is 0 Å². The molecule has 1 aromatic rings. The normalized spacial score (nSPS) is 20.8. The van der Waals surface area contributed by atoms with Gasteiger partial charge in [-0.05, 0) is 38.1 Å². The van der Waals surface area contributed by atoms with Gasteiger partial charge in [0, 0.05) is 25.8 Å². The molecule has 2 aliphatic heterocycles. The fourth-order valence-electron chi connectivity index (χ4n) is 3.00. The molecule has 1 aromatic heterocycles. The molecular formula is C17H26N4O2S. The largest absolute Gasteiger partial charge is 0.379 e. The number of nitrogens with zero attached hydrogens (tertiary/aromatic N) is 3. The second kappa shape index (κ2) is 9.36. The Morgan fingerprint density at radius 1 is 1.21 bits per heavy atom. The van der Waals surface area contributed by atoms with Crippen molar-refractivity contribution in [3.63, 3.8) is 0 Å². The van der Waals surface area contributed by atoms with Crippen LogP contribution in [0, 0.1) is 0 Å². The van der Waals surface area contributed by atoms with Gasteiger partial charge in [-0.2, -0.15) is 0 Å². The maximum absolute atomic E-state index is 12.7. The summed E-state index contributed by atoms with van der Waals surface area (Å²) in [6.45, 7) is 6.82. The van der Waals surface area contributed by atoms with Gasteiger partial charge in [-0.15, -0.1) is 0 Å². The van der Waals surface area contributed by atoms with Crippen LogP contribution in [-0.4, -0.2) is 78.5 Å². The number of aromatic nitrogens is 1. The first-order valence-electron chi connectivity index (χ1n) is 8.69. The van der Waals surface area contributed by atoms with E-state index in [1.54, 1.807) is 18.0 Å². The molecule has 0 aliphatic carbocycles. The van der Waals surface area contributed by atoms with Crippen molar-refractivity contribution < 1.29 is 9.53 Å². The van der Waals surface area contributed by atoms with Crippen LogP contribution in [0.15, 0.2) is 29.4 Å². The lowest BCUT2D eigenvalue weighted by Crippen LogP contribution is -2.47. The molecule has 0 bridgehead atoms. The Hall–Kier alpha value is -1.15. The molecule has 132 valence electrons. The first kappa shape index (κ1) is 17.7. The summed E-state index contributed by atoms with van der Waals surface area (Å²) in [5.41, 5.74) is 0. The van der Waals surface area contributed by atoms with Crippen LogP contribution < -0.4 is 5.32 Å². The van der Waals surface area contributed by atoms with Crippen LogP contribution in [0.4, 0.5) is 0 Å². The third-order valence-corrected chi connectivity index (χ3v) is 5.53. The number of morpholine rings is 1. The monoisotopic (exact) mass is 350 g/mol. The number of hydrogen-bond donors (Lipinski definition) is 1. The van der Waals surface area contributed by atoms with E-state index in [4.69, 9.17) is 4.74 Å². The molecule has 1 atom stereocenters. The van der Waals surface area contributed by atoms with E-state index in [1.165, 1.54) is 12.8 Å². The molecule has 2 saturated heterocycles. The molecule has 6 nitrogen and oxygen atoms in total. The fourth-order valence-corrected chi connectivity index (χ4v) is 4.04. The van der Waals surface area contributed by atoms with Crippen molar-refractivity contribution in [1.29, 1.82) is 0 Å². The van der Waals surface area contributed by atoms with Crippen LogP contribution in [0.3, 0.4) is 0 Å². The van der Waals surface area contributed by atoms with E-state index in [2.05, 4.69) is 20.1 Å². The van der Waals surface area contributed by atoms with Gasteiger partial charge in [-0.25, -0.2) is 4.98 Å². The quantitative estimate of drug-likeness (QED) is 0.742. The van der Waals surface area contributed by atoms with E-state index in [-0.39, 0.29) is 11.2 Å². The van der Waals surface area contributed by atoms with Crippen LogP contribution in [0.25, 0.3) is 0 Å². The number of carbonyl (C=O) groups excluding carboxylic acids is 1. The van der Waals surface area contributed by atoms with Crippen molar-refractivity contribution in [2.75, 3.05) is 52.6 Å². The fraction of sp³-hybridized carbons (Fsp3) is 0.647. The molecule has 0 aromatic carbocycles. The molecule has 7 heteroatoms. The number of ether oxygens (including phenoxy) is 1. The first-order valence-corrected chi connectivity index (χ1v) is 9.57. The lowest BCUT2D eigenvalue weighted by molar-refractivity contribution is -0.121. The summed E-state index contributed by atoms with van der Waals surface area (Å²) in [6, 6.07) is 5.82. The molecule has 0 spiro atoms. The molecule has 3 heterocycles. The minimum atomic E-state index is -0.152. The third kappa shape index (κ3) is 5.44. The summed E-state index contributed by atoms with van der Waals surface area (Å²) in [5, 5.41) is 3.86. The van der Waals surface area contributed by atoms with Crippen molar-refractivity contribution >= 4 is 17.7 Å². The second-order valence-corrected chi connectivity index (χ2v) is 7.43. The highest BCUT2D eigenvalue weighted by Gasteiger charge is 2.25. The van der Waals surface area contributed by atoms with Crippen molar-refractivity contribution in [1.82, 2.24) is 20.1 Å². The molecule has 1 N–H and O–H groups in total. The standard InChI is InChI=1S/C17H26N4O2S/c22-17(19-14-21-7-3-4-8-21)15(13-20-9-11-23-12-10-20)24-16-5-1-2-6-18-16/h1-2,5-6,15H,3-4,7-14H2,(H,19,22). The summed E-state index contributed by atoms with van der Waals surface area (Å²) < 4.78 is 5.41. The summed E-state index contributed by atoms with van der Waals surface area (Å²) in [7, 11) is 0. The highest BCUT2D eigenvalue weighted by molar-refractivity contribution is 8.00. The zero-order valence-corrected chi connectivity index (χ0v) is 14.8. The molecule has 0 radical (unpaired) electrons. The van der Waals surface area contributed by atoms with Crippen molar-refractivity contribution in [3.05, 3.63) is 24.4 Å². The highest BCUT2D eigenvalue weighted by atomic mass is 32.2. The van der Waals surface area contributed by atoms with Crippen molar-refractivity contribution in [2.24, 2.45) is 0 Å². The van der Waals surface area contributed by atoms with E-state index in [0.717, 1.165) is 51.0 Å². The van der Waals surface area contributed by atoms with Crippen LogP contribution in [0.1, 0.15) is 12.8 Å². The lowest BCUT2D eigenvalue weighted by atomic mass is 10.3. The Kier molecular flexibility index (Phi) is 6.89. The lowest BCUT2D eigenvalue weighted by Gasteiger charge is -2.30. The number of hydrogen-bond acceptors (Lipinski definition) is 6. The predicted octanol–water partition coefficient (Wildman–Crippen LogP) is 1.04. The van der Waals surface area contributed by atoms with Crippen LogP contribution >= 0.6 is 11.8 Å². The van der Waals surface area contributed by atoms with E-state index < -0.39 is 0 Å². The smallest absolute Gasteiger partial charge is 0.235 e. The van der Waals surface area contributed by atoms with Crippen molar-refractivity contribution in [3.8, 4) is 0 Å². The molecule has 3 rings (SSSR count). The Morgan fingerprint density at radius 3 is 2.71 bits per heavy atom. The van der Waals surface area contributed by atoms with Gasteiger partial charge in [0.2, 0.25) is 5.91 Å². The van der Waals surface area contributed by atoms with Crippen LogP contribution in [0.5, 0.6) is 0 Å². The molecule has 1 unspecified atom stereocenters. The summed E-state index contributed by atoms with van der Waals surface area (Å²) in [4.78, 5) is 21.7.